The topological polar surface area (TPSA) is 80.6 Å². The Kier molecular flexibility index (Phi) is 8.07. The highest BCUT2D eigenvalue weighted by molar-refractivity contribution is 8.30. The van der Waals surface area contributed by atoms with Gasteiger partial charge in [-0.3, -0.25) is 23.9 Å². The molecule has 5 aromatic rings. The van der Waals surface area contributed by atoms with Crippen LogP contribution < -0.4 is 20.1 Å². The number of anilines is 2. The lowest BCUT2D eigenvalue weighted by molar-refractivity contribution is -0.132. The van der Waals surface area contributed by atoms with Crippen molar-refractivity contribution in [2.75, 3.05) is 11.9 Å². The van der Waals surface area contributed by atoms with Gasteiger partial charge in [0.25, 0.3) is 17.9 Å². The summed E-state index contributed by atoms with van der Waals surface area (Å²) in [6.07, 6.45) is 1.76. The van der Waals surface area contributed by atoms with E-state index in [4.69, 9.17) is 17.0 Å². The van der Waals surface area contributed by atoms with Crippen molar-refractivity contribution in [1.82, 2.24) is 9.47 Å². The van der Waals surface area contributed by atoms with Gasteiger partial charge in [-0.1, -0.05) is 66.4 Å². The maximum absolute atomic E-state index is 13.2. The van der Waals surface area contributed by atoms with Crippen LogP contribution in [0.15, 0.2) is 83.7 Å². The SMILES string of the molecule is CCN1C(=O)/C(=c2/s/c(=C/c3ccc(Nc4ccc(-c5cc6ccccc6s5)cc4)cc3)c(=O)n2COC=O)SC1=S. The summed E-state index contributed by atoms with van der Waals surface area (Å²) in [5.41, 5.74) is 3.51. The average molecular weight is 630 g/mol. The molecule has 1 fully saturated rings. The molecule has 210 valence electrons. The number of hydrogen-bond donors (Lipinski definition) is 1. The van der Waals surface area contributed by atoms with Crippen molar-refractivity contribution in [3.05, 3.63) is 104 Å². The zero-order valence-electron chi connectivity index (χ0n) is 22.2. The quantitative estimate of drug-likeness (QED) is 0.180. The van der Waals surface area contributed by atoms with Crippen LogP contribution in [0.25, 0.3) is 31.5 Å². The number of ether oxygens (including phenoxy) is 1. The number of thiazole rings is 1. The minimum atomic E-state index is -0.348. The maximum Gasteiger partial charge on any atom is 0.294 e. The second kappa shape index (κ2) is 12.1. The molecule has 1 aliphatic rings. The summed E-state index contributed by atoms with van der Waals surface area (Å²) < 4.78 is 8.72. The van der Waals surface area contributed by atoms with Crippen molar-refractivity contribution in [2.24, 2.45) is 0 Å². The third kappa shape index (κ3) is 5.56. The molecule has 3 heterocycles. The summed E-state index contributed by atoms with van der Waals surface area (Å²) in [6, 6.07) is 26.6. The van der Waals surface area contributed by atoms with Gasteiger partial charge in [0.1, 0.15) is 13.9 Å². The predicted octanol–water partition coefficient (Wildman–Crippen LogP) is 5.48. The number of thiocarbonyl (C=S) groups is 1. The van der Waals surface area contributed by atoms with Crippen LogP contribution in [-0.2, 0) is 21.1 Å². The summed E-state index contributed by atoms with van der Waals surface area (Å²) in [5.74, 6) is -0.257. The van der Waals surface area contributed by atoms with Crippen LogP contribution in [0.5, 0.6) is 0 Å². The molecule has 7 nitrogen and oxygen atoms in total. The molecule has 0 aliphatic carbocycles. The third-order valence-electron chi connectivity index (χ3n) is 6.63. The zero-order chi connectivity index (χ0) is 29.2. The van der Waals surface area contributed by atoms with Crippen LogP contribution in [0, 0.1) is 0 Å². The van der Waals surface area contributed by atoms with Crippen LogP contribution in [0.3, 0.4) is 0 Å². The van der Waals surface area contributed by atoms with E-state index in [0.717, 1.165) is 28.7 Å². The Morgan fingerprint density at radius 3 is 2.33 bits per heavy atom. The second-order valence-electron chi connectivity index (χ2n) is 9.26. The van der Waals surface area contributed by atoms with Crippen LogP contribution in [0.4, 0.5) is 11.4 Å². The smallest absolute Gasteiger partial charge is 0.294 e. The fourth-order valence-electron chi connectivity index (χ4n) is 4.53. The van der Waals surface area contributed by atoms with Gasteiger partial charge in [-0.2, -0.15) is 0 Å². The van der Waals surface area contributed by atoms with Crippen LogP contribution in [0.1, 0.15) is 12.5 Å². The molecular weight excluding hydrogens is 607 g/mol. The summed E-state index contributed by atoms with van der Waals surface area (Å²) in [6.45, 7) is 2.26. The van der Waals surface area contributed by atoms with E-state index in [0.29, 0.717) is 25.0 Å². The van der Waals surface area contributed by atoms with Crippen molar-refractivity contribution in [3.63, 3.8) is 0 Å². The highest BCUT2D eigenvalue weighted by Crippen LogP contribution is 2.34. The second-order valence-corrected chi connectivity index (χ2v) is 13.0. The summed E-state index contributed by atoms with van der Waals surface area (Å²) in [7, 11) is 0. The Labute approximate surface area is 258 Å². The molecule has 0 bridgehead atoms. The Balaban J connectivity index is 1.24. The first kappa shape index (κ1) is 28.1. The van der Waals surface area contributed by atoms with E-state index in [1.807, 2.05) is 31.2 Å². The lowest BCUT2D eigenvalue weighted by Gasteiger charge is -2.09. The number of thioether (sulfide) groups is 1. The largest absolute Gasteiger partial charge is 0.446 e. The number of rotatable bonds is 8. The fraction of sp³-hybridized carbons (Fsp3) is 0.0968. The molecule has 11 heteroatoms. The number of thiophene rings is 1. The molecular formula is C31H23N3O4S4. The number of fused-ring (bicyclic) bond motifs is 1. The molecule has 6 rings (SSSR count). The summed E-state index contributed by atoms with van der Waals surface area (Å²) >= 11 is 9.44. The van der Waals surface area contributed by atoms with Gasteiger partial charge >= 0.3 is 0 Å². The molecule has 1 N–H and O–H groups in total. The molecule has 1 amide bonds. The highest BCUT2D eigenvalue weighted by atomic mass is 32.2. The van der Waals surface area contributed by atoms with E-state index in [-0.39, 0.29) is 24.7 Å². The minimum Gasteiger partial charge on any atom is -0.446 e. The number of amides is 1. The molecule has 0 saturated carbocycles. The average Bonchev–Trinajstić information content (AvgIpc) is 3.66. The van der Waals surface area contributed by atoms with Crippen LogP contribution >= 0.6 is 46.7 Å². The van der Waals surface area contributed by atoms with Gasteiger partial charge < -0.3 is 10.1 Å². The number of hydrogen-bond acceptors (Lipinski definition) is 9. The Bertz CT molecular complexity index is 1980. The van der Waals surface area contributed by atoms with Crippen molar-refractivity contribution in [3.8, 4) is 10.4 Å². The molecule has 42 heavy (non-hydrogen) atoms. The van der Waals surface area contributed by atoms with Gasteiger partial charge in [0.15, 0.2) is 6.73 Å². The van der Waals surface area contributed by atoms with E-state index in [2.05, 4.69) is 59.9 Å². The Hall–Kier alpha value is -4.03. The van der Waals surface area contributed by atoms with Gasteiger partial charge in [0.2, 0.25) is 0 Å². The van der Waals surface area contributed by atoms with Crippen LogP contribution in [-0.4, -0.2) is 32.7 Å². The molecule has 1 aliphatic heterocycles. The van der Waals surface area contributed by atoms with E-state index in [1.54, 1.807) is 17.4 Å². The molecule has 2 aromatic heterocycles. The van der Waals surface area contributed by atoms with E-state index in [9.17, 15) is 14.4 Å². The minimum absolute atomic E-state index is 0.257. The molecule has 0 spiro atoms. The molecule has 0 unspecified atom stereocenters. The van der Waals surface area contributed by atoms with Gasteiger partial charge in [0.05, 0.1) is 4.53 Å². The van der Waals surface area contributed by atoms with Crippen molar-refractivity contribution in [2.45, 2.75) is 13.7 Å². The normalized spacial score (nSPS) is 15.1. The van der Waals surface area contributed by atoms with Crippen molar-refractivity contribution in [1.29, 1.82) is 0 Å². The van der Waals surface area contributed by atoms with Crippen molar-refractivity contribution >= 4 is 95.8 Å². The maximum atomic E-state index is 13.2. The van der Waals surface area contributed by atoms with Gasteiger partial charge in [0, 0.05) is 27.5 Å². The molecule has 0 atom stereocenters. The van der Waals surface area contributed by atoms with E-state index in [1.165, 1.54) is 41.3 Å². The number of carbonyl (C=O) groups excluding carboxylic acids is 2. The third-order valence-corrected chi connectivity index (χ3v) is 10.5. The standard InChI is InChI=1S/C31H23N3O4S4/c1-2-33-29(37)27(42-31(33)39)30-34(17-38-18-35)28(36)26(41-30)15-19-7-11-22(12-8-19)32-23-13-9-20(10-14-23)25-16-21-5-3-4-6-24(21)40-25/h3-16,18,32H,2,17H2,1H3/b26-15+,30-27-. The number of nitrogens with zero attached hydrogens (tertiary/aromatic N) is 2. The van der Waals surface area contributed by atoms with Crippen LogP contribution in [0.2, 0.25) is 0 Å². The number of aromatic nitrogens is 1. The molecule has 0 radical (unpaired) electrons. The van der Waals surface area contributed by atoms with Crippen molar-refractivity contribution < 1.29 is 14.3 Å². The molecule has 3 aromatic carbocycles. The zero-order valence-corrected chi connectivity index (χ0v) is 25.5. The highest BCUT2D eigenvalue weighted by Gasteiger charge is 2.33. The number of carbonyl (C=O) groups is 2. The first-order chi connectivity index (χ1) is 20.4. The lowest BCUT2D eigenvalue weighted by Crippen LogP contribution is -2.34. The van der Waals surface area contributed by atoms with Gasteiger partial charge in [-0.15, -0.1) is 22.7 Å². The lowest BCUT2D eigenvalue weighted by atomic mass is 10.1. The van der Waals surface area contributed by atoms with Gasteiger partial charge in [-0.25, -0.2) is 0 Å². The first-order valence-corrected chi connectivity index (χ1v) is 15.8. The Morgan fingerprint density at radius 2 is 1.67 bits per heavy atom. The fourth-order valence-corrected chi connectivity index (χ4v) is 8.23. The number of benzene rings is 3. The predicted molar refractivity (Wildman–Crippen MR) is 177 cm³/mol. The molecule has 1 saturated heterocycles. The first-order valence-electron chi connectivity index (χ1n) is 13.0. The van der Waals surface area contributed by atoms with E-state index >= 15 is 0 Å². The van der Waals surface area contributed by atoms with Gasteiger partial charge in [-0.05, 0) is 65.9 Å². The Morgan fingerprint density at radius 1 is 0.952 bits per heavy atom. The monoisotopic (exact) mass is 629 g/mol. The number of nitrogens with one attached hydrogen (secondary N) is 1. The summed E-state index contributed by atoms with van der Waals surface area (Å²) in [4.78, 5) is 40.1. The summed E-state index contributed by atoms with van der Waals surface area (Å²) in [5, 5.41) is 4.67. The van der Waals surface area contributed by atoms with E-state index < -0.39 is 0 Å².